The molecule has 0 radical (unpaired) electrons. The lowest BCUT2D eigenvalue weighted by molar-refractivity contribution is -0.137. The van der Waals surface area contributed by atoms with Crippen LogP contribution in [0.15, 0.2) is 24.3 Å². The molecule has 1 heterocycles. The van der Waals surface area contributed by atoms with Crippen LogP contribution in [0.4, 0.5) is 13.2 Å². The van der Waals surface area contributed by atoms with E-state index in [1.54, 1.807) is 0 Å². The molecule has 3 N–H and O–H groups in total. The van der Waals surface area contributed by atoms with Crippen molar-refractivity contribution in [1.29, 1.82) is 0 Å². The Morgan fingerprint density at radius 1 is 1.43 bits per heavy atom. The fourth-order valence-corrected chi connectivity index (χ4v) is 2.33. The van der Waals surface area contributed by atoms with Crippen molar-refractivity contribution >= 4 is 11.7 Å². The topological polar surface area (TPSA) is 81.4 Å². The summed E-state index contributed by atoms with van der Waals surface area (Å²) in [6.45, 7) is 0.127. The van der Waals surface area contributed by atoms with E-state index in [9.17, 15) is 22.8 Å². The number of nitrogens with one attached hydrogen (secondary N) is 1. The normalized spacial score (nSPS) is 19.3. The van der Waals surface area contributed by atoms with Gasteiger partial charge in [0.15, 0.2) is 5.78 Å². The Labute approximate surface area is 131 Å². The molecule has 2 rings (SSSR count). The van der Waals surface area contributed by atoms with E-state index in [1.165, 1.54) is 12.1 Å². The smallest absolute Gasteiger partial charge is 0.416 e. The van der Waals surface area contributed by atoms with Gasteiger partial charge in [0.05, 0.1) is 11.6 Å². The number of halogens is 3. The van der Waals surface area contributed by atoms with Crippen LogP contribution in [-0.4, -0.2) is 30.9 Å². The summed E-state index contributed by atoms with van der Waals surface area (Å²) in [5.41, 5.74) is 4.88. The standard InChI is InChI=1S/C15H17F3N2O3/c16-15(17,18)10-2-1-3-11(7-10)23-8-13(21)12(19)6-9-4-5-20-14(9)22/h1-3,7,9,12H,4-6,8,19H2,(H,20,22)/t9-,12-/m0/s1. The maximum atomic E-state index is 12.6. The average Bonchev–Trinajstić information content (AvgIpc) is 2.89. The minimum atomic E-state index is -4.48. The number of ketones is 1. The monoisotopic (exact) mass is 330 g/mol. The van der Waals surface area contributed by atoms with Gasteiger partial charge in [0.1, 0.15) is 12.4 Å². The first-order valence-corrected chi connectivity index (χ1v) is 7.13. The molecule has 1 aliphatic rings. The van der Waals surface area contributed by atoms with Crippen LogP contribution in [-0.2, 0) is 15.8 Å². The Bertz CT molecular complexity index is 590. The summed E-state index contributed by atoms with van der Waals surface area (Å²) in [6, 6.07) is 3.39. The van der Waals surface area contributed by atoms with Gasteiger partial charge in [-0.25, -0.2) is 0 Å². The first kappa shape index (κ1) is 17.3. The van der Waals surface area contributed by atoms with Crippen molar-refractivity contribution in [3.05, 3.63) is 29.8 Å². The lowest BCUT2D eigenvalue weighted by Gasteiger charge is -2.15. The summed E-state index contributed by atoms with van der Waals surface area (Å²) < 4.78 is 42.8. The van der Waals surface area contributed by atoms with Crippen molar-refractivity contribution < 1.29 is 27.5 Å². The Morgan fingerprint density at radius 3 is 2.78 bits per heavy atom. The van der Waals surface area contributed by atoms with E-state index < -0.39 is 30.2 Å². The highest BCUT2D eigenvalue weighted by atomic mass is 19.4. The third-order valence-electron chi connectivity index (χ3n) is 3.66. The van der Waals surface area contributed by atoms with Gasteiger partial charge < -0.3 is 15.8 Å². The van der Waals surface area contributed by atoms with Crippen molar-refractivity contribution in [3.8, 4) is 5.75 Å². The predicted molar refractivity (Wildman–Crippen MR) is 75.7 cm³/mol. The summed E-state index contributed by atoms with van der Waals surface area (Å²) >= 11 is 0. The molecular weight excluding hydrogens is 313 g/mol. The van der Waals surface area contributed by atoms with E-state index >= 15 is 0 Å². The average molecular weight is 330 g/mol. The van der Waals surface area contributed by atoms with Gasteiger partial charge in [0.25, 0.3) is 0 Å². The van der Waals surface area contributed by atoms with Crippen LogP contribution < -0.4 is 15.8 Å². The molecule has 0 bridgehead atoms. The molecule has 0 aliphatic carbocycles. The van der Waals surface area contributed by atoms with Gasteiger partial charge in [0.2, 0.25) is 5.91 Å². The number of hydrogen-bond donors (Lipinski definition) is 2. The van der Waals surface area contributed by atoms with Crippen LogP contribution in [0.25, 0.3) is 0 Å². The molecule has 1 amide bonds. The summed E-state index contributed by atoms with van der Waals surface area (Å²) in [6.07, 6.45) is -3.65. The quantitative estimate of drug-likeness (QED) is 0.828. The second kappa shape index (κ2) is 6.99. The molecule has 1 aromatic rings. The molecule has 23 heavy (non-hydrogen) atoms. The highest BCUT2D eigenvalue weighted by Gasteiger charge is 2.31. The zero-order valence-corrected chi connectivity index (χ0v) is 12.2. The van der Waals surface area contributed by atoms with E-state index in [1.807, 2.05) is 0 Å². The Kier molecular flexibility index (Phi) is 5.25. The molecular formula is C15H17F3N2O3. The number of rotatable bonds is 6. The van der Waals surface area contributed by atoms with Gasteiger partial charge in [-0.3, -0.25) is 9.59 Å². The maximum absolute atomic E-state index is 12.6. The number of amides is 1. The fraction of sp³-hybridized carbons (Fsp3) is 0.467. The number of hydrogen-bond acceptors (Lipinski definition) is 4. The summed E-state index contributed by atoms with van der Waals surface area (Å²) in [5, 5.41) is 2.65. The van der Waals surface area contributed by atoms with Crippen molar-refractivity contribution in [2.24, 2.45) is 11.7 Å². The molecule has 0 aromatic heterocycles. The van der Waals surface area contributed by atoms with Crippen LogP contribution in [0, 0.1) is 5.92 Å². The molecule has 126 valence electrons. The molecule has 1 aromatic carbocycles. The summed E-state index contributed by atoms with van der Waals surface area (Å²) in [7, 11) is 0. The van der Waals surface area contributed by atoms with E-state index in [0.29, 0.717) is 13.0 Å². The number of ether oxygens (including phenoxy) is 1. The Morgan fingerprint density at radius 2 is 2.17 bits per heavy atom. The molecule has 1 fully saturated rings. The van der Waals surface area contributed by atoms with Crippen LogP contribution in [0.5, 0.6) is 5.75 Å². The molecule has 8 heteroatoms. The van der Waals surface area contributed by atoms with E-state index in [4.69, 9.17) is 10.5 Å². The first-order chi connectivity index (χ1) is 10.8. The second-order valence-corrected chi connectivity index (χ2v) is 5.40. The predicted octanol–water partition coefficient (Wildman–Crippen LogP) is 1.51. The highest BCUT2D eigenvalue weighted by molar-refractivity contribution is 5.87. The molecule has 0 spiro atoms. The highest BCUT2D eigenvalue weighted by Crippen LogP contribution is 2.31. The van der Waals surface area contributed by atoms with Gasteiger partial charge in [-0.15, -0.1) is 0 Å². The number of nitrogens with two attached hydrogens (primary N) is 1. The fourth-order valence-electron chi connectivity index (χ4n) is 2.33. The number of Topliss-reactive ketones (excluding diaryl/α,β-unsaturated/α-hetero) is 1. The zero-order valence-electron chi connectivity index (χ0n) is 12.2. The third kappa shape index (κ3) is 4.69. The van der Waals surface area contributed by atoms with Gasteiger partial charge in [0, 0.05) is 12.5 Å². The van der Waals surface area contributed by atoms with Gasteiger partial charge >= 0.3 is 6.18 Å². The number of benzene rings is 1. The van der Waals surface area contributed by atoms with E-state index in [-0.39, 0.29) is 24.0 Å². The lowest BCUT2D eigenvalue weighted by atomic mass is 9.97. The Balaban J connectivity index is 1.87. The summed E-state index contributed by atoms with van der Waals surface area (Å²) in [5.74, 6) is -0.948. The number of alkyl halides is 3. The van der Waals surface area contributed by atoms with Crippen LogP contribution >= 0.6 is 0 Å². The van der Waals surface area contributed by atoms with Crippen molar-refractivity contribution in [2.45, 2.75) is 25.1 Å². The molecule has 1 aliphatic heterocycles. The largest absolute Gasteiger partial charge is 0.486 e. The zero-order chi connectivity index (χ0) is 17.0. The SMILES string of the molecule is N[C@@H](C[C@@H]1CCNC1=O)C(=O)COc1cccc(C(F)(F)F)c1. The van der Waals surface area contributed by atoms with Crippen molar-refractivity contribution in [1.82, 2.24) is 5.32 Å². The maximum Gasteiger partial charge on any atom is 0.416 e. The number of carbonyl (C=O) groups excluding carboxylic acids is 2. The van der Waals surface area contributed by atoms with Crippen LogP contribution in [0.2, 0.25) is 0 Å². The van der Waals surface area contributed by atoms with E-state index in [0.717, 1.165) is 12.1 Å². The lowest BCUT2D eigenvalue weighted by Crippen LogP contribution is -2.37. The molecule has 5 nitrogen and oxygen atoms in total. The van der Waals surface area contributed by atoms with E-state index in [2.05, 4.69) is 5.32 Å². The Hall–Kier alpha value is -2.09. The van der Waals surface area contributed by atoms with Crippen molar-refractivity contribution in [2.75, 3.05) is 13.2 Å². The summed E-state index contributed by atoms with van der Waals surface area (Å²) in [4.78, 5) is 23.3. The van der Waals surface area contributed by atoms with Crippen LogP contribution in [0.3, 0.4) is 0 Å². The molecule has 0 saturated carbocycles. The number of carbonyl (C=O) groups is 2. The first-order valence-electron chi connectivity index (χ1n) is 7.13. The molecule has 1 saturated heterocycles. The second-order valence-electron chi connectivity index (χ2n) is 5.40. The third-order valence-corrected chi connectivity index (χ3v) is 3.66. The molecule has 0 unspecified atom stereocenters. The minimum absolute atomic E-state index is 0.0565. The van der Waals surface area contributed by atoms with Gasteiger partial charge in [-0.05, 0) is 31.0 Å². The minimum Gasteiger partial charge on any atom is -0.486 e. The van der Waals surface area contributed by atoms with Gasteiger partial charge in [-0.1, -0.05) is 6.07 Å². The van der Waals surface area contributed by atoms with Gasteiger partial charge in [-0.2, -0.15) is 13.2 Å². The van der Waals surface area contributed by atoms with Crippen LogP contribution in [0.1, 0.15) is 18.4 Å². The molecule has 2 atom stereocenters. The van der Waals surface area contributed by atoms with Crippen molar-refractivity contribution in [3.63, 3.8) is 0 Å².